The highest BCUT2D eigenvalue weighted by Gasteiger charge is 2.08. The van der Waals surface area contributed by atoms with Crippen molar-refractivity contribution in [2.75, 3.05) is 12.3 Å². The van der Waals surface area contributed by atoms with Crippen LogP contribution in [0.2, 0.25) is 0 Å². The number of nitrogens with zero attached hydrogens (tertiary/aromatic N) is 1. The summed E-state index contributed by atoms with van der Waals surface area (Å²) in [6.45, 7) is 2.69. The zero-order valence-corrected chi connectivity index (χ0v) is 10.5. The molecule has 0 saturated heterocycles. The van der Waals surface area contributed by atoms with E-state index in [1.807, 2.05) is 13.0 Å². The number of aromatic nitrogens is 1. The van der Waals surface area contributed by atoms with Gasteiger partial charge in [0.25, 0.3) is 0 Å². The molecular formula is C11H16N4OS. The number of amidine groups is 1. The predicted molar refractivity (Wildman–Crippen MR) is 69.3 cm³/mol. The summed E-state index contributed by atoms with van der Waals surface area (Å²) in [5.41, 5.74) is 5.84. The van der Waals surface area contributed by atoms with Crippen LogP contribution in [0.15, 0.2) is 23.2 Å². The van der Waals surface area contributed by atoms with Crippen molar-refractivity contribution in [2.45, 2.75) is 18.2 Å². The van der Waals surface area contributed by atoms with Gasteiger partial charge in [0.2, 0.25) is 5.91 Å². The Kier molecular flexibility index (Phi) is 5.48. The lowest BCUT2D eigenvalue weighted by Crippen LogP contribution is -2.25. The maximum Gasteiger partial charge on any atom is 0.230 e. The molecule has 0 aromatic carbocycles. The van der Waals surface area contributed by atoms with Crippen molar-refractivity contribution < 1.29 is 4.79 Å². The van der Waals surface area contributed by atoms with Gasteiger partial charge in [0.05, 0.1) is 5.75 Å². The van der Waals surface area contributed by atoms with E-state index in [1.165, 1.54) is 11.8 Å². The third-order valence-corrected chi connectivity index (χ3v) is 3.00. The van der Waals surface area contributed by atoms with Crippen molar-refractivity contribution in [2.24, 2.45) is 5.73 Å². The number of hydrogen-bond acceptors (Lipinski definition) is 4. The molecule has 6 heteroatoms. The van der Waals surface area contributed by atoms with Crippen LogP contribution in [0.5, 0.6) is 0 Å². The van der Waals surface area contributed by atoms with Crippen molar-refractivity contribution in [3.8, 4) is 0 Å². The molecule has 1 aromatic heterocycles. The zero-order chi connectivity index (χ0) is 12.7. The molecule has 5 nitrogen and oxygen atoms in total. The highest BCUT2D eigenvalue weighted by atomic mass is 32.2. The average molecular weight is 252 g/mol. The van der Waals surface area contributed by atoms with E-state index < -0.39 is 0 Å². The van der Waals surface area contributed by atoms with Gasteiger partial charge in [0.1, 0.15) is 11.5 Å². The molecule has 17 heavy (non-hydrogen) atoms. The third-order valence-electron chi connectivity index (χ3n) is 1.96. The van der Waals surface area contributed by atoms with E-state index in [1.54, 1.807) is 12.3 Å². The van der Waals surface area contributed by atoms with E-state index in [9.17, 15) is 4.79 Å². The monoisotopic (exact) mass is 252 g/mol. The van der Waals surface area contributed by atoms with Gasteiger partial charge in [-0.15, -0.1) is 11.8 Å². The van der Waals surface area contributed by atoms with Crippen molar-refractivity contribution in [1.29, 1.82) is 5.41 Å². The lowest BCUT2D eigenvalue weighted by molar-refractivity contribution is -0.118. The molecule has 1 aromatic rings. The third kappa shape index (κ3) is 4.44. The van der Waals surface area contributed by atoms with Gasteiger partial charge in [0.15, 0.2) is 0 Å². The van der Waals surface area contributed by atoms with Crippen LogP contribution in [0.4, 0.5) is 0 Å². The number of amides is 1. The average Bonchev–Trinajstić information content (AvgIpc) is 2.34. The molecular weight excluding hydrogens is 236 g/mol. The second-order valence-electron chi connectivity index (χ2n) is 3.40. The van der Waals surface area contributed by atoms with Crippen LogP contribution in [0.25, 0.3) is 0 Å². The van der Waals surface area contributed by atoms with Crippen LogP contribution >= 0.6 is 11.8 Å². The molecule has 0 aliphatic carbocycles. The van der Waals surface area contributed by atoms with E-state index >= 15 is 0 Å². The summed E-state index contributed by atoms with van der Waals surface area (Å²) in [6.07, 6.45) is 2.50. The molecule has 0 spiro atoms. The number of hydrogen-bond donors (Lipinski definition) is 3. The van der Waals surface area contributed by atoms with Crippen LogP contribution in [0, 0.1) is 5.41 Å². The minimum atomic E-state index is -0.0814. The summed E-state index contributed by atoms with van der Waals surface area (Å²) in [7, 11) is 0. The summed E-state index contributed by atoms with van der Waals surface area (Å²) >= 11 is 1.34. The number of rotatable bonds is 6. The standard InChI is InChI=1S/C11H16N4OS/c1-2-5-14-9(16)7-17-8-4-3-6-15-10(8)11(12)13/h3-4,6H,2,5,7H2,1H3,(H3,12,13)(H,14,16). The minimum Gasteiger partial charge on any atom is -0.382 e. The predicted octanol–water partition coefficient (Wildman–Crippen LogP) is 0.984. The summed E-state index contributed by atoms with van der Waals surface area (Å²) in [5.74, 6) is 0.212. The Morgan fingerprint density at radius 3 is 3.06 bits per heavy atom. The first-order chi connectivity index (χ1) is 8.15. The topological polar surface area (TPSA) is 91.9 Å². The van der Waals surface area contributed by atoms with E-state index in [-0.39, 0.29) is 11.7 Å². The van der Waals surface area contributed by atoms with Gasteiger partial charge in [-0.2, -0.15) is 0 Å². The molecule has 0 atom stereocenters. The SMILES string of the molecule is CCCNC(=O)CSc1cccnc1C(=N)N. The van der Waals surface area contributed by atoms with Gasteiger partial charge in [-0.1, -0.05) is 6.92 Å². The van der Waals surface area contributed by atoms with Crippen LogP contribution in [0.3, 0.4) is 0 Å². The summed E-state index contributed by atoms with van der Waals surface area (Å²) < 4.78 is 0. The Balaban J connectivity index is 2.57. The fourth-order valence-electron chi connectivity index (χ4n) is 1.17. The van der Waals surface area contributed by atoms with E-state index in [2.05, 4.69) is 10.3 Å². The number of nitrogens with two attached hydrogens (primary N) is 1. The van der Waals surface area contributed by atoms with Crippen molar-refractivity contribution in [3.05, 3.63) is 24.0 Å². The maximum atomic E-state index is 11.4. The van der Waals surface area contributed by atoms with Crippen LogP contribution in [-0.2, 0) is 4.79 Å². The number of pyridine rings is 1. The molecule has 4 N–H and O–H groups in total. The van der Waals surface area contributed by atoms with Gasteiger partial charge in [-0.25, -0.2) is 0 Å². The molecule has 0 saturated carbocycles. The first kappa shape index (κ1) is 13.5. The first-order valence-corrected chi connectivity index (χ1v) is 6.32. The zero-order valence-electron chi connectivity index (χ0n) is 9.69. The Hall–Kier alpha value is -1.56. The fourth-order valence-corrected chi connectivity index (χ4v) is 2.03. The number of thioether (sulfide) groups is 1. The molecule has 0 aliphatic rings. The Bertz CT molecular complexity index is 408. The summed E-state index contributed by atoms with van der Waals surface area (Å²) in [4.78, 5) is 16.2. The molecule has 0 bridgehead atoms. The van der Waals surface area contributed by atoms with Crippen molar-refractivity contribution in [1.82, 2.24) is 10.3 Å². The van der Waals surface area contributed by atoms with E-state index in [0.717, 1.165) is 11.3 Å². The smallest absolute Gasteiger partial charge is 0.230 e. The lowest BCUT2D eigenvalue weighted by Gasteiger charge is -2.06. The second-order valence-corrected chi connectivity index (χ2v) is 4.42. The highest BCUT2D eigenvalue weighted by Crippen LogP contribution is 2.20. The van der Waals surface area contributed by atoms with Gasteiger partial charge < -0.3 is 11.1 Å². The second kappa shape index (κ2) is 6.90. The van der Waals surface area contributed by atoms with Crippen molar-refractivity contribution in [3.63, 3.8) is 0 Å². The maximum absolute atomic E-state index is 11.4. The molecule has 92 valence electrons. The largest absolute Gasteiger partial charge is 0.382 e. The summed E-state index contributed by atoms with van der Waals surface area (Å²) in [5, 5.41) is 10.2. The minimum absolute atomic E-state index is 0.0183. The molecule has 0 fully saturated rings. The number of nitrogen functional groups attached to an aromatic ring is 1. The Morgan fingerprint density at radius 1 is 1.65 bits per heavy atom. The van der Waals surface area contributed by atoms with Crippen LogP contribution < -0.4 is 11.1 Å². The molecule has 0 aliphatic heterocycles. The number of nitrogens with one attached hydrogen (secondary N) is 2. The quantitative estimate of drug-likeness (QED) is 0.400. The summed E-state index contributed by atoms with van der Waals surface area (Å²) in [6, 6.07) is 3.57. The Morgan fingerprint density at radius 2 is 2.41 bits per heavy atom. The van der Waals surface area contributed by atoms with Gasteiger partial charge >= 0.3 is 0 Å². The molecule has 0 radical (unpaired) electrons. The van der Waals surface area contributed by atoms with E-state index in [0.29, 0.717) is 18.0 Å². The number of carbonyl (C=O) groups excluding carboxylic acids is 1. The van der Waals surface area contributed by atoms with Gasteiger partial charge in [0, 0.05) is 17.6 Å². The molecule has 1 heterocycles. The number of carbonyl (C=O) groups is 1. The molecule has 1 rings (SSSR count). The molecule has 0 unspecified atom stereocenters. The highest BCUT2D eigenvalue weighted by molar-refractivity contribution is 8.00. The van der Waals surface area contributed by atoms with Crippen LogP contribution in [0.1, 0.15) is 19.0 Å². The molecule has 1 amide bonds. The van der Waals surface area contributed by atoms with E-state index in [4.69, 9.17) is 11.1 Å². The fraction of sp³-hybridized carbons (Fsp3) is 0.364. The van der Waals surface area contributed by atoms with Gasteiger partial charge in [-0.3, -0.25) is 15.2 Å². The lowest BCUT2D eigenvalue weighted by atomic mass is 10.3. The normalized spacial score (nSPS) is 9.94. The van der Waals surface area contributed by atoms with Gasteiger partial charge in [-0.05, 0) is 18.6 Å². The Labute approximate surface area is 105 Å². The van der Waals surface area contributed by atoms with Crippen LogP contribution in [-0.4, -0.2) is 29.0 Å². The van der Waals surface area contributed by atoms with Crippen molar-refractivity contribution >= 4 is 23.5 Å². The first-order valence-electron chi connectivity index (χ1n) is 5.34.